The Bertz CT molecular complexity index is 581. The molecule has 0 saturated carbocycles. The monoisotopic (exact) mass is 298 g/mol. The molecule has 0 bridgehead atoms. The number of methoxy groups -OCH3 is 1. The Labute approximate surface area is 123 Å². The van der Waals surface area contributed by atoms with E-state index in [4.69, 9.17) is 10.5 Å². The van der Waals surface area contributed by atoms with Crippen molar-refractivity contribution in [3.05, 3.63) is 30.0 Å². The van der Waals surface area contributed by atoms with Gasteiger partial charge in [-0.3, -0.25) is 0 Å². The van der Waals surface area contributed by atoms with Crippen molar-refractivity contribution >= 4 is 29.3 Å². The van der Waals surface area contributed by atoms with Crippen LogP contribution in [0.5, 0.6) is 5.75 Å². The normalized spacial score (nSPS) is 11.8. The molecule has 1 atom stereocenters. The lowest BCUT2D eigenvalue weighted by Gasteiger charge is -2.07. The van der Waals surface area contributed by atoms with Crippen LogP contribution in [0.25, 0.3) is 10.9 Å². The van der Waals surface area contributed by atoms with Crippen LogP contribution in [0.3, 0.4) is 0 Å². The fourth-order valence-electron chi connectivity index (χ4n) is 2.02. The molecule has 110 valence electrons. The van der Waals surface area contributed by atoms with Gasteiger partial charge in [-0.15, -0.1) is 12.4 Å². The van der Waals surface area contributed by atoms with E-state index in [1.165, 1.54) is 7.11 Å². The van der Waals surface area contributed by atoms with Gasteiger partial charge < -0.3 is 20.2 Å². The highest BCUT2D eigenvalue weighted by atomic mass is 35.5. The summed E-state index contributed by atoms with van der Waals surface area (Å²) in [7, 11) is 1.33. The molecule has 0 spiro atoms. The zero-order valence-electron chi connectivity index (χ0n) is 11.5. The number of hydrogen-bond donors (Lipinski definition) is 2. The molecule has 5 nitrogen and oxygen atoms in total. The first kappa shape index (κ1) is 16.3. The van der Waals surface area contributed by atoms with Gasteiger partial charge in [-0.2, -0.15) is 0 Å². The molecule has 2 rings (SSSR count). The van der Waals surface area contributed by atoms with Crippen LogP contribution in [-0.4, -0.2) is 30.7 Å². The summed E-state index contributed by atoms with van der Waals surface area (Å²) in [5.41, 5.74) is 7.85. The number of aromatic nitrogens is 1. The number of H-pyrrole nitrogens is 1. The molecule has 1 aromatic carbocycles. The molecular formula is C14H19ClN2O3. The van der Waals surface area contributed by atoms with E-state index in [0.29, 0.717) is 5.75 Å². The summed E-state index contributed by atoms with van der Waals surface area (Å²) in [4.78, 5) is 14.3. The molecular weight excluding hydrogens is 280 g/mol. The second kappa shape index (κ2) is 7.17. The summed E-state index contributed by atoms with van der Waals surface area (Å²) >= 11 is 0. The number of nitrogens with one attached hydrogen (secondary N) is 1. The van der Waals surface area contributed by atoms with Crippen LogP contribution in [0.4, 0.5) is 0 Å². The summed E-state index contributed by atoms with van der Waals surface area (Å²) in [6.07, 6.45) is 2.72. The molecule has 20 heavy (non-hydrogen) atoms. The Morgan fingerprint density at radius 2 is 2.20 bits per heavy atom. The lowest BCUT2D eigenvalue weighted by atomic mass is 10.1. The number of benzene rings is 1. The van der Waals surface area contributed by atoms with Gasteiger partial charge in [0.25, 0.3) is 0 Å². The molecule has 0 radical (unpaired) electrons. The second-order valence-corrected chi connectivity index (χ2v) is 4.54. The van der Waals surface area contributed by atoms with E-state index in [1.54, 1.807) is 0 Å². The van der Waals surface area contributed by atoms with Gasteiger partial charge in [0.05, 0.1) is 12.6 Å². The average Bonchev–Trinajstić information content (AvgIpc) is 2.79. The third kappa shape index (κ3) is 3.65. The zero-order valence-corrected chi connectivity index (χ0v) is 12.3. The molecule has 3 N–H and O–H groups in total. The number of hydrogen-bond acceptors (Lipinski definition) is 4. The van der Waals surface area contributed by atoms with E-state index >= 15 is 0 Å². The van der Waals surface area contributed by atoms with Crippen LogP contribution in [0.15, 0.2) is 24.4 Å². The third-order valence-electron chi connectivity index (χ3n) is 2.88. The maximum absolute atomic E-state index is 11.1. The fraction of sp³-hybridized carbons (Fsp3) is 0.357. The lowest BCUT2D eigenvalue weighted by molar-refractivity contribution is -0.142. The third-order valence-corrected chi connectivity index (χ3v) is 2.88. The molecule has 0 fully saturated rings. The largest absolute Gasteiger partial charge is 0.480 e. The number of halogens is 1. The molecule has 2 aromatic rings. The van der Waals surface area contributed by atoms with Crippen molar-refractivity contribution in [2.24, 2.45) is 5.73 Å². The first-order valence-electron chi connectivity index (χ1n) is 6.16. The van der Waals surface area contributed by atoms with Crippen LogP contribution < -0.4 is 10.5 Å². The van der Waals surface area contributed by atoms with E-state index in [1.807, 2.05) is 31.3 Å². The molecule has 0 aliphatic heterocycles. The van der Waals surface area contributed by atoms with E-state index in [-0.39, 0.29) is 25.1 Å². The van der Waals surface area contributed by atoms with Gasteiger partial charge in [-0.25, -0.2) is 4.79 Å². The van der Waals surface area contributed by atoms with Gasteiger partial charge >= 0.3 is 5.97 Å². The highest BCUT2D eigenvalue weighted by Crippen LogP contribution is 2.27. The molecule has 1 aromatic heterocycles. The molecule has 6 heteroatoms. The predicted molar refractivity (Wildman–Crippen MR) is 80.4 cm³/mol. The highest BCUT2D eigenvalue weighted by Gasteiger charge is 2.10. The van der Waals surface area contributed by atoms with Crippen LogP contribution >= 0.6 is 12.4 Å². The molecule has 0 saturated heterocycles. The molecule has 1 unspecified atom stereocenters. The van der Waals surface area contributed by atoms with Gasteiger partial charge in [-0.1, -0.05) is 12.1 Å². The minimum atomic E-state index is -0.403. The highest BCUT2D eigenvalue weighted by molar-refractivity contribution is 5.88. The van der Waals surface area contributed by atoms with Crippen LogP contribution in [-0.2, 0) is 16.0 Å². The Hall–Kier alpha value is -1.72. The summed E-state index contributed by atoms with van der Waals surface area (Å²) in [5, 5.41) is 1.07. The van der Waals surface area contributed by atoms with Crippen molar-refractivity contribution in [3.8, 4) is 5.75 Å². The predicted octanol–water partition coefficient (Wildman–Crippen LogP) is 2.03. The molecule has 0 amide bonds. The SMILES string of the molecule is COC(=O)COc1cccc2c(CC(C)N)c[nH]c12.Cl. The van der Waals surface area contributed by atoms with Crippen LogP contribution in [0.1, 0.15) is 12.5 Å². The van der Waals surface area contributed by atoms with Gasteiger partial charge in [0, 0.05) is 17.6 Å². The number of rotatable bonds is 5. The number of aromatic amines is 1. The van der Waals surface area contributed by atoms with Crippen molar-refractivity contribution in [2.45, 2.75) is 19.4 Å². The van der Waals surface area contributed by atoms with Crippen molar-refractivity contribution in [1.29, 1.82) is 0 Å². The number of esters is 1. The van der Waals surface area contributed by atoms with Crippen molar-refractivity contribution in [3.63, 3.8) is 0 Å². The van der Waals surface area contributed by atoms with Gasteiger partial charge in [-0.05, 0) is 25.0 Å². The first-order valence-corrected chi connectivity index (χ1v) is 6.16. The number of fused-ring (bicyclic) bond motifs is 1. The van der Waals surface area contributed by atoms with E-state index < -0.39 is 5.97 Å². The number of nitrogens with two attached hydrogens (primary N) is 1. The lowest BCUT2D eigenvalue weighted by Crippen LogP contribution is -2.17. The Kier molecular flexibility index (Phi) is 5.85. The summed E-state index contributed by atoms with van der Waals surface area (Å²) in [5.74, 6) is 0.234. The topological polar surface area (TPSA) is 77.3 Å². The summed E-state index contributed by atoms with van der Waals surface area (Å²) in [6, 6.07) is 5.82. The zero-order chi connectivity index (χ0) is 13.8. The molecule has 1 heterocycles. The standard InChI is InChI=1S/C14H18N2O3.ClH/c1-9(15)6-10-7-16-14-11(10)4-3-5-12(14)19-8-13(17)18-2;/h3-5,7,9,16H,6,8,15H2,1-2H3;1H. The number of carbonyl (C=O) groups is 1. The van der Waals surface area contributed by atoms with Crippen molar-refractivity contribution < 1.29 is 14.3 Å². The minimum absolute atomic E-state index is 0. The Morgan fingerprint density at radius 3 is 2.85 bits per heavy atom. The second-order valence-electron chi connectivity index (χ2n) is 4.54. The van der Waals surface area contributed by atoms with Gasteiger partial charge in [0.15, 0.2) is 6.61 Å². The average molecular weight is 299 g/mol. The Balaban J connectivity index is 0.00000200. The maximum Gasteiger partial charge on any atom is 0.343 e. The van der Waals surface area contributed by atoms with E-state index in [0.717, 1.165) is 22.9 Å². The fourth-order valence-corrected chi connectivity index (χ4v) is 2.02. The van der Waals surface area contributed by atoms with Gasteiger partial charge in [0.2, 0.25) is 0 Å². The van der Waals surface area contributed by atoms with Crippen molar-refractivity contribution in [2.75, 3.05) is 13.7 Å². The number of carbonyl (C=O) groups excluding carboxylic acids is 1. The summed E-state index contributed by atoms with van der Waals surface area (Å²) < 4.78 is 10.0. The van der Waals surface area contributed by atoms with Crippen LogP contribution in [0.2, 0.25) is 0 Å². The maximum atomic E-state index is 11.1. The first-order chi connectivity index (χ1) is 9.11. The summed E-state index contributed by atoms with van der Waals surface area (Å²) in [6.45, 7) is 1.87. The minimum Gasteiger partial charge on any atom is -0.480 e. The molecule has 0 aliphatic rings. The van der Waals surface area contributed by atoms with Gasteiger partial charge in [0.1, 0.15) is 5.75 Å². The van der Waals surface area contributed by atoms with E-state index in [9.17, 15) is 4.79 Å². The smallest absolute Gasteiger partial charge is 0.343 e. The number of para-hydroxylation sites is 1. The van der Waals surface area contributed by atoms with Crippen LogP contribution in [0, 0.1) is 0 Å². The Morgan fingerprint density at radius 1 is 1.45 bits per heavy atom. The van der Waals surface area contributed by atoms with Crippen molar-refractivity contribution in [1.82, 2.24) is 4.98 Å². The number of ether oxygens (including phenoxy) is 2. The quantitative estimate of drug-likeness (QED) is 0.828. The van der Waals surface area contributed by atoms with E-state index in [2.05, 4.69) is 9.72 Å². The molecule has 0 aliphatic carbocycles.